The molecule has 4 unspecified atom stereocenters. The lowest BCUT2D eigenvalue weighted by molar-refractivity contribution is 0.0283. The van der Waals surface area contributed by atoms with E-state index in [0.29, 0.717) is 12.1 Å². The van der Waals surface area contributed by atoms with Crippen molar-refractivity contribution in [3.8, 4) is 0 Å². The largest absolute Gasteiger partial charge is 0.313 e. The van der Waals surface area contributed by atoms with E-state index in [1.807, 2.05) is 0 Å². The van der Waals surface area contributed by atoms with Gasteiger partial charge in [-0.05, 0) is 40.3 Å². The number of rotatable bonds is 3. The summed E-state index contributed by atoms with van der Waals surface area (Å²) in [4.78, 5) is 5.27. The molecule has 2 rings (SSSR count). The number of nitrogens with zero attached hydrogens (tertiary/aromatic N) is 2. The van der Waals surface area contributed by atoms with Crippen LogP contribution < -0.4 is 5.32 Å². The van der Waals surface area contributed by atoms with E-state index in [-0.39, 0.29) is 0 Å². The number of nitrogens with one attached hydrogen (secondary N) is 1. The summed E-state index contributed by atoms with van der Waals surface area (Å²) < 4.78 is 0. The van der Waals surface area contributed by atoms with Crippen LogP contribution >= 0.6 is 0 Å². The highest BCUT2D eigenvalue weighted by atomic mass is 15.3. The van der Waals surface area contributed by atoms with E-state index in [1.165, 1.54) is 32.4 Å². The van der Waals surface area contributed by atoms with Crippen molar-refractivity contribution in [2.24, 2.45) is 0 Å². The zero-order chi connectivity index (χ0) is 12.4. The first-order valence-electron chi connectivity index (χ1n) is 7.32. The fourth-order valence-corrected chi connectivity index (χ4v) is 3.59. The molecule has 2 fully saturated rings. The molecule has 1 aliphatic heterocycles. The summed E-state index contributed by atoms with van der Waals surface area (Å²) in [6.07, 6.45) is 4.16. The first-order chi connectivity index (χ1) is 8.13. The third-order valence-electron chi connectivity index (χ3n) is 4.80. The van der Waals surface area contributed by atoms with Crippen LogP contribution in [0.3, 0.4) is 0 Å². The van der Waals surface area contributed by atoms with Crippen LogP contribution in [0.4, 0.5) is 0 Å². The van der Waals surface area contributed by atoms with Gasteiger partial charge in [-0.15, -0.1) is 0 Å². The number of hydrogen-bond acceptors (Lipinski definition) is 3. The van der Waals surface area contributed by atoms with Crippen LogP contribution in [0, 0.1) is 0 Å². The minimum absolute atomic E-state index is 0.696. The van der Waals surface area contributed by atoms with E-state index in [9.17, 15) is 0 Å². The van der Waals surface area contributed by atoms with Gasteiger partial charge in [0.25, 0.3) is 0 Å². The zero-order valence-electron chi connectivity index (χ0n) is 11.9. The van der Waals surface area contributed by atoms with Crippen molar-refractivity contribution < 1.29 is 0 Å². The quantitative estimate of drug-likeness (QED) is 0.806. The lowest BCUT2D eigenvalue weighted by Crippen LogP contribution is -2.60. The van der Waals surface area contributed by atoms with Crippen LogP contribution in [-0.2, 0) is 0 Å². The van der Waals surface area contributed by atoms with Crippen molar-refractivity contribution in [3.63, 3.8) is 0 Å². The van der Waals surface area contributed by atoms with Crippen molar-refractivity contribution in [1.29, 1.82) is 0 Å². The zero-order valence-corrected chi connectivity index (χ0v) is 11.9. The van der Waals surface area contributed by atoms with Crippen molar-refractivity contribution in [3.05, 3.63) is 0 Å². The van der Waals surface area contributed by atoms with E-state index in [2.05, 4.69) is 42.9 Å². The van der Waals surface area contributed by atoms with Crippen molar-refractivity contribution >= 4 is 0 Å². The van der Waals surface area contributed by atoms with Crippen LogP contribution in [0.25, 0.3) is 0 Å². The highest BCUT2D eigenvalue weighted by molar-refractivity contribution is 4.94. The Hall–Kier alpha value is -0.120. The molecule has 4 atom stereocenters. The summed E-state index contributed by atoms with van der Waals surface area (Å²) in [6, 6.07) is 2.92. The second-order valence-electron chi connectivity index (χ2n) is 5.98. The second kappa shape index (κ2) is 5.68. The molecule has 0 bridgehead atoms. The SMILES string of the molecule is CCNC1CCCC1N1CC(C)N(C)C(C)C1. The van der Waals surface area contributed by atoms with Gasteiger partial charge in [0.15, 0.2) is 0 Å². The van der Waals surface area contributed by atoms with Gasteiger partial charge in [0.1, 0.15) is 0 Å². The molecule has 3 nitrogen and oxygen atoms in total. The van der Waals surface area contributed by atoms with E-state index in [1.54, 1.807) is 0 Å². The summed E-state index contributed by atoms with van der Waals surface area (Å²) >= 11 is 0. The van der Waals surface area contributed by atoms with E-state index in [0.717, 1.165) is 18.6 Å². The second-order valence-corrected chi connectivity index (χ2v) is 5.98. The highest BCUT2D eigenvalue weighted by Crippen LogP contribution is 2.27. The Morgan fingerprint density at radius 1 is 1.12 bits per heavy atom. The molecule has 0 amide bonds. The third kappa shape index (κ3) is 2.83. The topological polar surface area (TPSA) is 18.5 Å². The van der Waals surface area contributed by atoms with Gasteiger partial charge < -0.3 is 5.32 Å². The molecule has 0 spiro atoms. The average Bonchev–Trinajstić information content (AvgIpc) is 2.74. The Labute approximate surface area is 107 Å². The molecular formula is C14H29N3. The fraction of sp³-hybridized carbons (Fsp3) is 1.00. The van der Waals surface area contributed by atoms with Gasteiger partial charge in [0, 0.05) is 37.3 Å². The van der Waals surface area contributed by atoms with Gasteiger partial charge in [0.2, 0.25) is 0 Å². The van der Waals surface area contributed by atoms with Gasteiger partial charge in [-0.1, -0.05) is 13.3 Å². The van der Waals surface area contributed by atoms with Gasteiger partial charge in [-0.3, -0.25) is 9.80 Å². The monoisotopic (exact) mass is 239 g/mol. The summed E-state index contributed by atoms with van der Waals surface area (Å²) in [5, 5.41) is 3.68. The minimum Gasteiger partial charge on any atom is -0.313 e. The Bertz CT molecular complexity index is 232. The molecule has 1 aliphatic carbocycles. The third-order valence-corrected chi connectivity index (χ3v) is 4.80. The van der Waals surface area contributed by atoms with Gasteiger partial charge in [-0.2, -0.15) is 0 Å². The van der Waals surface area contributed by atoms with Gasteiger partial charge in [-0.25, -0.2) is 0 Å². The molecule has 0 aromatic rings. The fourth-order valence-electron chi connectivity index (χ4n) is 3.59. The van der Waals surface area contributed by atoms with E-state index >= 15 is 0 Å². The molecule has 1 heterocycles. The normalized spacial score (nSPS) is 40.9. The number of likely N-dealkylation sites (N-methyl/N-ethyl adjacent to an activating group) is 2. The molecule has 100 valence electrons. The van der Waals surface area contributed by atoms with E-state index in [4.69, 9.17) is 0 Å². The Balaban J connectivity index is 1.97. The van der Waals surface area contributed by atoms with Crippen molar-refractivity contribution in [1.82, 2.24) is 15.1 Å². The Morgan fingerprint density at radius 2 is 1.76 bits per heavy atom. The van der Waals surface area contributed by atoms with Gasteiger partial charge >= 0.3 is 0 Å². The van der Waals surface area contributed by atoms with Crippen LogP contribution in [0.2, 0.25) is 0 Å². The van der Waals surface area contributed by atoms with Crippen molar-refractivity contribution in [2.75, 3.05) is 26.7 Å². The van der Waals surface area contributed by atoms with Crippen molar-refractivity contribution in [2.45, 2.75) is 64.2 Å². The first kappa shape index (κ1) is 13.3. The predicted molar refractivity (Wildman–Crippen MR) is 73.4 cm³/mol. The standard InChI is InChI=1S/C14H29N3/c1-5-15-13-7-6-8-14(13)17-9-11(2)16(4)12(3)10-17/h11-15H,5-10H2,1-4H3. The number of piperazine rings is 1. The maximum absolute atomic E-state index is 3.68. The Kier molecular flexibility index (Phi) is 4.45. The maximum Gasteiger partial charge on any atom is 0.0250 e. The molecule has 0 aromatic carbocycles. The number of hydrogen-bond donors (Lipinski definition) is 1. The summed E-state index contributed by atoms with van der Waals surface area (Å²) in [5.41, 5.74) is 0. The predicted octanol–water partition coefficient (Wildman–Crippen LogP) is 1.54. The van der Waals surface area contributed by atoms with Crippen LogP contribution in [0.5, 0.6) is 0 Å². The molecule has 2 aliphatic rings. The van der Waals surface area contributed by atoms with Crippen LogP contribution in [0.1, 0.15) is 40.0 Å². The maximum atomic E-state index is 3.68. The molecule has 1 N–H and O–H groups in total. The lowest BCUT2D eigenvalue weighted by Gasteiger charge is -2.46. The molecular weight excluding hydrogens is 210 g/mol. The van der Waals surface area contributed by atoms with Crippen LogP contribution in [-0.4, -0.2) is 60.6 Å². The van der Waals surface area contributed by atoms with Crippen LogP contribution in [0.15, 0.2) is 0 Å². The smallest absolute Gasteiger partial charge is 0.0250 e. The first-order valence-corrected chi connectivity index (χ1v) is 7.32. The van der Waals surface area contributed by atoms with E-state index < -0.39 is 0 Å². The lowest BCUT2D eigenvalue weighted by atomic mass is 10.0. The highest BCUT2D eigenvalue weighted by Gasteiger charge is 2.36. The Morgan fingerprint density at radius 3 is 2.35 bits per heavy atom. The molecule has 17 heavy (non-hydrogen) atoms. The van der Waals surface area contributed by atoms with Gasteiger partial charge in [0.05, 0.1) is 0 Å². The summed E-state index contributed by atoms with van der Waals surface area (Å²) in [7, 11) is 2.27. The molecule has 1 saturated carbocycles. The molecule has 0 radical (unpaired) electrons. The minimum atomic E-state index is 0.696. The molecule has 1 saturated heterocycles. The molecule has 3 heteroatoms. The summed E-state index contributed by atoms with van der Waals surface area (Å²) in [6.45, 7) is 10.5. The average molecular weight is 239 g/mol. The molecule has 0 aromatic heterocycles. The summed E-state index contributed by atoms with van der Waals surface area (Å²) in [5.74, 6) is 0.